The molecule has 0 unspecified atom stereocenters. The molecule has 2 aromatic rings. The van der Waals surface area contributed by atoms with Gasteiger partial charge in [0, 0.05) is 36.2 Å². The Kier molecular flexibility index (Phi) is 6.61. The minimum Gasteiger partial charge on any atom is -0.366 e. The van der Waals surface area contributed by atoms with E-state index in [2.05, 4.69) is 51.0 Å². The predicted octanol–water partition coefficient (Wildman–Crippen LogP) is 3.08. The molecule has 0 spiro atoms. The van der Waals surface area contributed by atoms with E-state index < -0.39 is 0 Å². The van der Waals surface area contributed by atoms with E-state index in [0.29, 0.717) is 17.7 Å². The lowest BCUT2D eigenvalue weighted by Crippen LogP contribution is -2.33. The first-order valence-electron chi connectivity index (χ1n) is 8.59. The Labute approximate surface area is 144 Å². The van der Waals surface area contributed by atoms with Crippen LogP contribution in [0.2, 0.25) is 0 Å². The fraction of sp³-hybridized carbons (Fsp3) is 0.556. The molecule has 0 bridgehead atoms. The van der Waals surface area contributed by atoms with Gasteiger partial charge in [-0.05, 0) is 46.9 Å². The summed E-state index contributed by atoms with van der Waals surface area (Å²) >= 11 is 0. The molecule has 0 saturated carbocycles. The van der Waals surface area contributed by atoms with Crippen LogP contribution in [-0.2, 0) is 0 Å². The van der Waals surface area contributed by atoms with Crippen molar-refractivity contribution in [1.82, 2.24) is 24.8 Å². The molecule has 0 radical (unpaired) electrons. The molecule has 2 rings (SSSR count). The molecule has 0 amide bonds. The fourth-order valence-electron chi connectivity index (χ4n) is 2.55. The number of nitrogens with zero attached hydrogens (tertiary/aromatic N) is 5. The largest absolute Gasteiger partial charge is 0.366 e. The molecule has 6 nitrogen and oxygen atoms in total. The van der Waals surface area contributed by atoms with Crippen LogP contribution in [0.15, 0.2) is 18.5 Å². The monoisotopic (exact) mass is 328 g/mol. The first-order chi connectivity index (χ1) is 11.5. The third kappa shape index (κ3) is 4.96. The summed E-state index contributed by atoms with van der Waals surface area (Å²) < 4.78 is 0. The lowest BCUT2D eigenvalue weighted by molar-refractivity contribution is 0.318. The molecule has 1 N–H and O–H groups in total. The Morgan fingerprint density at radius 1 is 1.12 bits per heavy atom. The molecule has 0 fully saturated rings. The maximum absolute atomic E-state index is 4.65. The van der Waals surface area contributed by atoms with Gasteiger partial charge in [-0.25, -0.2) is 19.9 Å². The second kappa shape index (κ2) is 8.68. The molecule has 6 heteroatoms. The zero-order valence-electron chi connectivity index (χ0n) is 15.4. The lowest BCUT2D eigenvalue weighted by atomic mass is 10.2. The average molecular weight is 328 g/mol. The summed E-state index contributed by atoms with van der Waals surface area (Å²) in [6.45, 7) is 10.5. The van der Waals surface area contributed by atoms with E-state index in [-0.39, 0.29) is 0 Å². The van der Waals surface area contributed by atoms with Gasteiger partial charge in [-0.2, -0.15) is 0 Å². The van der Waals surface area contributed by atoms with Gasteiger partial charge in [0.15, 0.2) is 11.6 Å². The highest BCUT2D eigenvalue weighted by molar-refractivity contribution is 5.53. The number of unbranched alkanes of at least 4 members (excludes halogenated alkanes) is 1. The van der Waals surface area contributed by atoms with Crippen molar-refractivity contribution in [2.24, 2.45) is 0 Å². The van der Waals surface area contributed by atoms with Crippen molar-refractivity contribution in [1.29, 1.82) is 0 Å². The van der Waals surface area contributed by atoms with Gasteiger partial charge in [0.25, 0.3) is 0 Å². The molecule has 1 atom stereocenters. The second-order valence-electron chi connectivity index (χ2n) is 6.34. The summed E-state index contributed by atoms with van der Waals surface area (Å²) in [6.07, 6.45) is 5.86. The molecule has 0 aliphatic rings. The average Bonchev–Trinajstić information content (AvgIpc) is 2.57. The normalized spacial score (nSPS) is 12.4. The van der Waals surface area contributed by atoms with E-state index in [1.807, 2.05) is 13.8 Å². The predicted molar refractivity (Wildman–Crippen MR) is 98.0 cm³/mol. The van der Waals surface area contributed by atoms with Crippen LogP contribution in [-0.4, -0.2) is 51.0 Å². The van der Waals surface area contributed by atoms with E-state index in [1.54, 1.807) is 18.5 Å². The van der Waals surface area contributed by atoms with E-state index in [9.17, 15) is 0 Å². The van der Waals surface area contributed by atoms with E-state index in [0.717, 1.165) is 30.2 Å². The first-order valence-corrected chi connectivity index (χ1v) is 8.59. The quantitative estimate of drug-likeness (QED) is 0.803. The van der Waals surface area contributed by atoms with Gasteiger partial charge >= 0.3 is 0 Å². The zero-order valence-corrected chi connectivity index (χ0v) is 15.4. The van der Waals surface area contributed by atoms with Crippen LogP contribution in [0, 0.1) is 13.8 Å². The van der Waals surface area contributed by atoms with Crippen LogP contribution >= 0.6 is 0 Å². The molecular formula is C18H28N6. The van der Waals surface area contributed by atoms with E-state index in [1.165, 1.54) is 12.8 Å². The smallest absolute Gasteiger partial charge is 0.199 e. The van der Waals surface area contributed by atoms with Gasteiger partial charge in [-0.1, -0.05) is 13.3 Å². The number of nitrogens with one attached hydrogen (secondary N) is 1. The van der Waals surface area contributed by atoms with Crippen molar-refractivity contribution in [3.63, 3.8) is 0 Å². The standard InChI is InChI=1S/C18H28N6/c1-6-7-11-24(5)12-13(2)21-16-14(3)15(4)22-18(23-16)17-19-9-8-10-20-17/h8-10,13H,6-7,11-12H2,1-5H3,(H,21,22,23)/t13-/m1/s1. The highest BCUT2D eigenvalue weighted by Crippen LogP contribution is 2.19. The number of aryl methyl sites for hydroxylation is 1. The summed E-state index contributed by atoms with van der Waals surface area (Å²) in [7, 11) is 2.16. The zero-order chi connectivity index (χ0) is 17.5. The molecule has 0 aliphatic carbocycles. The maximum atomic E-state index is 4.65. The Bertz CT molecular complexity index is 643. The Morgan fingerprint density at radius 2 is 1.83 bits per heavy atom. The minimum atomic E-state index is 0.296. The molecule has 2 heterocycles. The second-order valence-corrected chi connectivity index (χ2v) is 6.34. The van der Waals surface area contributed by atoms with Gasteiger partial charge in [-0.15, -0.1) is 0 Å². The summed E-state index contributed by atoms with van der Waals surface area (Å²) in [5.74, 6) is 1.98. The van der Waals surface area contributed by atoms with Crippen LogP contribution in [0.4, 0.5) is 5.82 Å². The summed E-state index contributed by atoms with van der Waals surface area (Å²) in [5, 5.41) is 3.52. The van der Waals surface area contributed by atoms with Crippen LogP contribution in [0.5, 0.6) is 0 Å². The van der Waals surface area contributed by atoms with Crippen molar-refractivity contribution < 1.29 is 0 Å². The fourth-order valence-corrected chi connectivity index (χ4v) is 2.55. The highest BCUT2D eigenvalue weighted by atomic mass is 15.1. The summed E-state index contributed by atoms with van der Waals surface area (Å²) in [5.41, 5.74) is 2.01. The summed E-state index contributed by atoms with van der Waals surface area (Å²) in [4.78, 5) is 20.0. The highest BCUT2D eigenvalue weighted by Gasteiger charge is 2.14. The number of anilines is 1. The number of likely N-dealkylation sites (N-methyl/N-ethyl adjacent to an activating group) is 1. The van der Waals surface area contributed by atoms with E-state index >= 15 is 0 Å². The third-order valence-electron chi connectivity index (χ3n) is 4.02. The molecule has 24 heavy (non-hydrogen) atoms. The van der Waals surface area contributed by atoms with Gasteiger partial charge < -0.3 is 10.2 Å². The number of hydrogen-bond donors (Lipinski definition) is 1. The summed E-state index contributed by atoms with van der Waals surface area (Å²) in [6, 6.07) is 2.09. The number of rotatable bonds is 8. The Morgan fingerprint density at radius 3 is 2.50 bits per heavy atom. The van der Waals surface area contributed by atoms with Crippen molar-refractivity contribution in [2.75, 3.05) is 25.5 Å². The van der Waals surface area contributed by atoms with Crippen molar-refractivity contribution in [3.05, 3.63) is 29.7 Å². The van der Waals surface area contributed by atoms with Crippen molar-refractivity contribution >= 4 is 5.82 Å². The third-order valence-corrected chi connectivity index (χ3v) is 4.02. The van der Waals surface area contributed by atoms with Crippen LogP contribution in [0.1, 0.15) is 37.9 Å². The van der Waals surface area contributed by atoms with Gasteiger partial charge in [0.05, 0.1) is 0 Å². The topological polar surface area (TPSA) is 66.8 Å². The SMILES string of the molecule is CCCCN(C)C[C@@H](C)Nc1nc(-c2ncccn2)nc(C)c1C. The molecule has 0 aliphatic heterocycles. The molecule has 0 aromatic carbocycles. The van der Waals surface area contributed by atoms with Crippen LogP contribution in [0.25, 0.3) is 11.6 Å². The van der Waals surface area contributed by atoms with Gasteiger partial charge in [0.2, 0.25) is 0 Å². The first kappa shape index (κ1) is 18.3. The molecule has 2 aromatic heterocycles. The van der Waals surface area contributed by atoms with Gasteiger partial charge in [0.1, 0.15) is 5.82 Å². The lowest BCUT2D eigenvalue weighted by Gasteiger charge is -2.23. The molecular weight excluding hydrogens is 300 g/mol. The van der Waals surface area contributed by atoms with Gasteiger partial charge in [-0.3, -0.25) is 0 Å². The van der Waals surface area contributed by atoms with Crippen LogP contribution in [0.3, 0.4) is 0 Å². The Hall–Kier alpha value is -2.08. The van der Waals surface area contributed by atoms with Crippen molar-refractivity contribution in [3.8, 4) is 11.6 Å². The molecule has 0 saturated heterocycles. The minimum absolute atomic E-state index is 0.296. The maximum Gasteiger partial charge on any atom is 0.199 e. The van der Waals surface area contributed by atoms with Crippen LogP contribution < -0.4 is 5.32 Å². The van der Waals surface area contributed by atoms with E-state index in [4.69, 9.17) is 0 Å². The Balaban J connectivity index is 2.13. The van der Waals surface area contributed by atoms with Crippen molar-refractivity contribution in [2.45, 2.75) is 46.6 Å². The number of hydrogen-bond acceptors (Lipinski definition) is 6. The number of aromatic nitrogens is 4. The molecule has 130 valence electrons.